The van der Waals surface area contributed by atoms with Crippen LogP contribution in [0.1, 0.15) is 101 Å². The summed E-state index contributed by atoms with van der Waals surface area (Å²) in [7, 11) is 0. The van der Waals surface area contributed by atoms with Crippen LogP contribution in [0.3, 0.4) is 0 Å². The lowest BCUT2D eigenvalue weighted by atomic mass is 9.75. The fourth-order valence-corrected chi connectivity index (χ4v) is 5.69. The van der Waals surface area contributed by atoms with E-state index >= 15 is 0 Å². The number of unbranched alkanes of at least 4 members (excludes halogenated alkanes) is 1. The molecule has 4 unspecified atom stereocenters. The van der Waals surface area contributed by atoms with E-state index in [0.717, 1.165) is 44.9 Å². The molecule has 1 heterocycles. The van der Waals surface area contributed by atoms with Gasteiger partial charge in [-0.05, 0) is 68.4 Å². The number of benzene rings is 1. The van der Waals surface area contributed by atoms with Gasteiger partial charge in [-0.2, -0.15) is 18.8 Å². The molecule has 1 aromatic heterocycles. The Kier molecular flexibility index (Phi) is 13.1. The van der Waals surface area contributed by atoms with Gasteiger partial charge < -0.3 is 9.84 Å². The van der Waals surface area contributed by atoms with Gasteiger partial charge in [0.25, 0.3) is 5.56 Å². The van der Waals surface area contributed by atoms with Crippen LogP contribution in [0, 0.1) is 41.9 Å². The highest BCUT2D eigenvalue weighted by molar-refractivity contribution is 7.59. The smallest absolute Gasteiger partial charge is 0.340 e. The molecule has 0 bridgehead atoms. The van der Waals surface area contributed by atoms with Crippen LogP contribution in [-0.4, -0.2) is 21.7 Å². The summed E-state index contributed by atoms with van der Waals surface area (Å²) in [4.78, 5) is 26.8. The number of carbonyl (C=O) groups excluding carboxylic acids is 1. The van der Waals surface area contributed by atoms with Crippen molar-refractivity contribution in [3.05, 3.63) is 51.3 Å². The Balaban J connectivity index is 0.00000588. The minimum atomic E-state index is -0.510. The monoisotopic (exact) mass is 582 g/mol. The topological polar surface area (TPSA) is 117 Å². The number of ether oxygens (including phenoxy) is 1. The second kappa shape index (κ2) is 15.8. The summed E-state index contributed by atoms with van der Waals surface area (Å²) in [5.41, 5.74) is 0.271. The first-order valence-electron chi connectivity index (χ1n) is 14.7. The average molecular weight is 583 g/mol. The minimum absolute atomic E-state index is 0. The normalized spacial score (nSPS) is 19.5. The second-order valence-corrected chi connectivity index (χ2v) is 11.6. The number of aromatic nitrogens is 1. The maximum Gasteiger partial charge on any atom is 0.340 e. The van der Waals surface area contributed by atoms with Crippen LogP contribution >= 0.6 is 13.5 Å². The number of pyridine rings is 1. The van der Waals surface area contributed by atoms with E-state index in [9.17, 15) is 20.0 Å². The van der Waals surface area contributed by atoms with Crippen molar-refractivity contribution in [2.45, 2.75) is 99.1 Å². The molecule has 3 rings (SSSR count). The van der Waals surface area contributed by atoms with Crippen molar-refractivity contribution in [2.24, 2.45) is 33.9 Å². The highest BCUT2D eigenvalue weighted by Gasteiger charge is 2.34. The van der Waals surface area contributed by atoms with Crippen LogP contribution in [0.2, 0.25) is 0 Å². The fraction of sp³-hybridized carbons (Fsp3) is 0.594. The van der Waals surface area contributed by atoms with Crippen molar-refractivity contribution >= 4 is 30.8 Å². The van der Waals surface area contributed by atoms with Gasteiger partial charge in [0.15, 0.2) is 5.69 Å². The van der Waals surface area contributed by atoms with E-state index in [-0.39, 0.29) is 59.5 Å². The molecular weight excluding hydrogens is 536 g/mol. The lowest BCUT2D eigenvalue weighted by Gasteiger charge is -2.36. The summed E-state index contributed by atoms with van der Waals surface area (Å²) in [6, 6.07) is 8.80. The molecule has 9 heteroatoms. The number of aromatic hydroxyl groups is 1. The number of nitriles is 1. The summed E-state index contributed by atoms with van der Waals surface area (Å²) in [6.45, 7) is 12.6. The Morgan fingerprint density at radius 2 is 1.93 bits per heavy atom. The number of azo groups is 1. The summed E-state index contributed by atoms with van der Waals surface area (Å²) in [5, 5.41) is 29.1. The number of hydrogen-bond acceptors (Lipinski definition) is 7. The van der Waals surface area contributed by atoms with Gasteiger partial charge >= 0.3 is 5.97 Å². The summed E-state index contributed by atoms with van der Waals surface area (Å²) >= 11 is 0. The molecule has 224 valence electrons. The van der Waals surface area contributed by atoms with Crippen LogP contribution in [0.15, 0.2) is 39.3 Å². The number of nitrogens with zero attached hydrogens (tertiary/aromatic N) is 4. The van der Waals surface area contributed by atoms with Crippen molar-refractivity contribution in [1.82, 2.24) is 4.57 Å². The fourth-order valence-electron chi connectivity index (χ4n) is 5.69. The molecule has 1 aliphatic carbocycles. The number of hydrogen-bond donors (Lipinski definition) is 1. The maximum atomic E-state index is 13.5. The van der Waals surface area contributed by atoms with Crippen LogP contribution < -0.4 is 5.56 Å². The summed E-state index contributed by atoms with van der Waals surface area (Å²) in [6.07, 6.45) is 6.53. The van der Waals surface area contributed by atoms with Gasteiger partial charge in [0.1, 0.15) is 23.4 Å². The van der Waals surface area contributed by atoms with Gasteiger partial charge in [-0.15, -0.1) is 10.2 Å². The molecule has 1 N–H and O–H groups in total. The van der Waals surface area contributed by atoms with Gasteiger partial charge in [0.05, 0.1) is 5.56 Å². The van der Waals surface area contributed by atoms with Crippen molar-refractivity contribution in [2.75, 3.05) is 0 Å². The number of rotatable bonds is 11. The second-order valence-electron chi connectivity index (χ2n) is 11.6. The third-order valence-electron chi connectivity index (χ3n) is 8.35. The first-order chi connectivity index (χ1) is 19.1. The van der Waals surface area contributed by atoms with Crippen molar-refractivity contribution in [3.63, 3.8) is 0 Å². The Labute approximate surface area is 251 Å². The zero-order chi connectivity index (χ0) is 29.4. The molecule has 0 aliphatic heterocycles. The quantitative estimate of drug-likeness (QED) is 0.212. The number of esters is 1. The minimum Gasteiger partial charge on any atom is -0.493 e. The number of carbonyl (C=O) groups is 1. The molecule has 8 nitrogen and oxygen atoms in total. The van der Waals surface area contributed by atoms with E-state index in [2.05, 4.69) is 44.8 Å². The predicted molar refractivity (Wildman–Crippen MR) is 167 cm³/mol. The largest absolute Gasteiger partial charge is 0.493 e. The molecule has 0 radical (unpaired) electrons. The van der Waals surface area contributed by atoms with Gasteiger partial charge in [0.2, 0.25) is 5.88 Å². The molecule has 1 saturated carbocycles. The Morgan fingerprint density at radius 1 is 1.22 bits per heavy atom. The molecule has 1 aliphatic rings. The van der Waals surface area contributed by atoms with E-state index in [0.29, 0.717) is 24.3 Å². The zero-order valence-corrected chi connectivity index (χ0v) is 26.3. The predicted octanol–water partition coefficient (Wildman–Crippen LogP) is 8.10. The molecular formula is C32H46N4O4S. The van der Waals surface area contributed by atoms with E-state index < -0.39 is 11.5 Å². The molecule has 1 aromatic carbocycles. The maximum absolute atomic E-state index is 13.5. The average Bonchev–Trinajstić information content (AvgIpc) is 2.94. The van der Waals surface area contributed by atoms with Gasteiger partial charge in [-0.3, -0.25) is 9.36 Å². The van der Waals surface area contributed by atoms with E-state index in [1.807, 2.05) is 6.07 Å². The van der Waals surface area contributed by atoms with Crippen LogP contribution in [0.4, 0.5) is 11.4 Å². The Bertz CT molecular complexity index is 1310. The highest BCUT2D eigenvalue weighted by atomic mass is 32.1. The molecule has 1 fully saturated rings. The standard InChI is InChI=1S/C32H44N4O4.H2S/c1-7-9-12-23(8-2)19-36-30(37)26(18-33)22(6)29(31(36)38)35-34-27-14-11-10-13-24(27)32(39)40-28-16-15-21(5)17-25(28)20(3)4;/h10-11,13-14,20-21,23,25,28,37H,7-9,12,15-17,19H2,1-6H3;1H2. The lowest BCUT2D eigenvalue weighted by Crippen LogP contribution is -2.35. The Hall–Kier alpha value is -3.12. The third-order valence-corrected chi connectivity index (χ3v) is 8.35. The first kappa shape index (κ1) is 34.1. The van der Waals surface area contributed by atoms with Gasteiger partial charge in [0, 0.05) is 12.1 Å². The van der Waals surface area contributed by atoms with E-state index in [1.165, 1.54) is 4.57 Å². The van der Waals surface area contributed by atoms with Gasteiger partial charge in [-0.25, -0.2) is 4.79 Å². The molecule has 41 heavy (non-hydrogen) atoms. The van der Waals surface area contributed by atoms with E-state index in [1.54, 1.807) is 31.2 Å². The first-order valence-corrected chi connectivity index (χ1v) is 14.7. The van der Waals surface area contributed by atoms with Crippen LogP contribution in [-0.2, 0) is 11.3 Å². The summed E-state index contributed by atoms with van der Waals surface area (Å²) < 4.78 is 7.25. The lowest BCUT2D eigenvalue weighted by molar-refractivity contribution is -0.0160. The van der Waals surface area contributed by atoms with Crippen molar-refractivity contribution in [1.29, 1.82) is 5.26 Å². The molecule has 0 saturated heterocycles. The van der Waals surface area contributed by atoms with Gasteiger partial charge in [-0.1, -0.05) is 66.0 Å². The molecule has 0 spiro atoms. The van der Waals surface area contributed by atoms with Crippen molar-refractivity contribution in [3.8, 4) is 11.9 Å². The molecule has 2 aromatic rings. The SMILES string of the molecule is CCCCC(CC)Cn1c(O)c(C#N)c(C)c(N=Nc2ccccc2C(=O)OC2CCC(C)CC2C(C)C)c1=O.S. The highest BCUT2D eigenvalue weighted by Crippen LogP contribution is 2.36. The summed E-state index contributed by atoms with van der Waals surface area (Å²) in [5.74, 6) is 0.685. The van der Waals surface area contributed by atoms with Crippen LogP contribution in [0.5, 0.6) is 5.88 Å². The Morgan fingerprint density at radius 3 is 2.56 bits per heavy atom. The zero-order valence-electron chi connectivity index (χ0n) is 25.3. The molecule has 0 amide bonds. The van der Waals surface area contributed by atoms with E-state index in [4.69, 9.17) is 4.74 Å². The third kappa shape index (κ3) is 8.22. The molecule has 4 atom stereocenters. The van der Waals surface area contributed by atoms with Crippen molar-refractivity contribution < 1.29 is 14.6 Å². The van der Waals surface area contributed by atoms with Crippen LogP contribution in [0.25, 0.3) is 0 Å².